The summed E-state index contributed by atoms with van der Waals surface area (Å²) in [6.45, 7) is 2.57. The van der Waals surface area contributed by atoms with Crippen molar-refractivity contribution in [3.8, 4) is 11.3 Å². The number of nitrogens with one attached hydrogen (secondary N) is 1. The Morgan fingerprint density at radius 3 is 2.33 bits per heavy atom. The van der Waals surface area contributed by atoms with E-state index in [-0.39, 0.29) is 0 Å². The molecule has 6 heteroatoms. The highest BCUT2D eigenvalue weighted by Gasteiger charge is 2.21. The molecule has 0 atom stereocenters. The van der Waals surface area contributed by atoms with Gasteiger partial charge in [-0.15, -0.1) is 0 Å². The number of fused-ring (bicyclic) bond motifs is 1. The summed E-state index contributed by atoms with van der Waals surface area (Å²) in [5, 5.41) is 11.2. The summed E-state index contributed by atoms with van der Waals surface area (Å²) in [6.07, 6.45) is 1.81. The second kappa shape index (κ2) is 6.96. The molecule has 0 amide bonds. The molecule has 1 aromatic heterocycles. The normalized spacial score (nSPS) is 13.7. The fraction of sp³-hybridized carbons (Fsp3) is 0.143. The molecule has 2 aromatic carbocycles. The van der Waals surface area contributed by atoms with Crippen LogP contribution >= 0.6 is 0 Å². The Balaban J connectivity index is 1.86. The maximum Gasteiger partial charge on any atom is 0.137 e. The minimum atomic E-state index is -0.670. The average Bonchev–Trinajstić information content (AvgIpc) is 2.85. The van der Waals surface area contributed by atoms with Crippen LogP contribution in [0.1, 0.15) is 22.4 Å². The Bertz CT molecular complexity index is 1020. The van der Waals surface area contributed by atoms with Gasteiger partial charge in [0, 0.05) is 30.3 Å². The van der Waals surface area contributed by atoms with Crippen LogP contribution in [-0.2, 0) is 6.54 Å². The summed E-state index contributed by atoms with van der Waals surface area (Å²) < 4.78 is 42.7. The van der Waals surface area contributed by atoms with E-state index in [0.29, 0.717) is 46.6 Å². The number of benzene rings is 2. The summed E-state index contributed by atoms with van der Waals surface area (Å²) in [5.74, 6) is -1.75. The highest BCUT2D eigenvalue weighted by molar-refractivity contribution is 5.83. The van der Waals surface area contributed by atoms with Crippen LogP contribution in [0.25, 0.3) is 16.8 Å². The smallest absolute Gasteiger partial charge is 0.137 e. The van der Waals surface area contributed by atoms with E-state index in [2.05, 4.69) is 15.5 Å². The fourth-order valence-corrected chi connectivity index (χ4v) is 3.25. The summed E-state index contributed by atoms with van der Waals surface area (Å²) in [6, 6.07) is 10.2. The Kier molecular flexibility index (Phi) is 4.49. The first kappa shape index (κ1) is 17.4. The second-order valence-electron chi connectivity index (χ2n) is 6.42. The molecule has 4 rings (SSSR count). The van der Waals surface area contributed by atoms with Crippen molar-refractivity contribution in [2.24, 2.45) is 0 Å². The molecule has 1 aliphatic heterocycles. The predicted molar refractivity (Wildman–Crippen MR) is 97.3 cm³/mol. The molecule has 0 saturated carbocycles. The van der Waals surface area contributed by atoms with Crippen molar-refractivity contribution >= 4 is 5.57 Å². The van der Waals surface area contributed by atoms with Crippen molar-refractivity contribution in [2.45, 2.75) is 13.5 Å². The van der Waals surface area contributed by atoms with Crippen LogP contribution < -0.4 is 5.32 Å². The van der Waals surface area contributed by atoms with Crippen molar-refractivity contribution < 1.29 is 13.2 Å². The van der Waals surface area contributed by atoms with Crippen molar-refractivity contribution in [2.75, 3.05) is 6.54 Å². The summed E-state index contributed by atoms with van der Waals surface area (Å²) in [4.78, 5) is 0. The van der Waals surface area contributed by atoms with Crippen LogP contribution in [-0.4, -0.2) is 16.7 Å². The number of hydrogen-bond donors (Lipinski definition) is 1. The van der Waals surface area contributed by atoms with Crippen LogP contribution in [0.3, 0.4) is 0 Å². The Morgan fingerprint density at radius 1 is 0.889 bits per heavy atom. The lowest BCUT2D eigenvalue weighted by atomic mass is 9.91. The van der Waals surface area contributed by atoms with Crippen LogP contribution in [0.4, 0.5) is 13.2 Å². The van der Waals surface area contributed by atoms with Gasteiger partial charge in [-0.1, -0.05) is 12.1 Å². The predicted octanol–water partition coefficient (Wildman–Crippen LogP) is 4.40. The van der Waals surface area contributed by atoms with Gasteiger partial charge in [-0.2, -0.15) is 10.2 Å². The third kappa shape index (κ3) is 3.36. The topological polar surface area (TPSA) is 37.8 Å². The molecule has 0 saturated heterocycles. The van der Waals surface area contributed by atoms with Gasteiger partial charge >= 0.3 is 0 Å². The number of halogens is 3. The lowest BCUT2D eigenvalue weighted by Crippen LogP contribution is -2.13. The van der Waals surface area contributed by atoms with Crippen LogP contribution in [0, 0.1) is 24.4 Å². The summed E-state index contributed by atoms with van der Waals surface area (Å²) >= 11 is 0. The van der Waals surface area contributed by atoms with E-state index < -0.39 is 17.5 Å². The van der Waals surface area contributed by atoms with Crippen LogP contribution in [0.2, 0.25) is 0 Å². The maximum atomic E-state index is 15.3. The SMILES string of the molecule is Cc1ccc(-c2ccc3c(c2F)CNCC=C3c2cc(F)cc(F)c2)nn1. The Morgan fingerprint density at radius 2 is 1.63 bits per heavy atom. The van der Waals surface area contributed by atoms with Gasteiger partial charge in [0.1, 0.15) is 17.5 Å². The standard InChI is InChI=1S/C21H16F3N3/c1-12-2-5-20(27-26-12)18-4-3-17-16(6-7-25-11-19(17)21(18)24)13-8-14(22)10-15(23)9-13/h2-6,8-10,25H,7,11H2,1H3. The van der Waals surface area contributed by atoms with E-state index in [4.69, 9.17) is 0 Å². The average molecular weight is 367 g/mol. The molecule has 0 radical (unpaired) electrons. The van der Waals surface area contributed by atoms with Gasteiger partial charge in [0.2, 0.25) is 0 Å². The molecule has 136 valence electrons. The van der Waals surface area contributed by atoms with Crippen molar-refractivity contribution in [3.63, 3.8) is 0 Å². The first-order valence-corrected chi connectivity index (χ1v) is 8.53. The van der Waals surface area contributed by atoms with Gasteiger partial charge < -0.3 is 5.32 Å². The molecular formula is C21H16F3N3. The highest BCUT2D eigenvalue weighted by atomic mass is 19.1. The zero-order chi connectivity index (χ0) is 19.0. The Labute approximate surface area is 154 Å². The van der Waals surface area contributed by atoms with E-state index in [1.165, 1.54) is 12.1 Å². The monoisotopic (exact) mass is 367 g/mol. The molecule has 0 fully saturated rings. The number of rotatable bonds is 2. The molecule has 2 heterocycles. The second-order valence-corrected chi connectivity index (χ2v) is 6.42. The summed E-state index contributed by atoms with van der Waals surface area (Å²) in [7, 11) is 0. The van der Waals surface area contributed by atoms with Crippen molar-refractivity contribution in [1.82, 2.24) is 15.5 Å². The van der Waals surface area contributed by atoms with Crippen molar-refractivity contribution in [1.29, 1.82) is 0 Å². The molecule has 1 N–H and O–H groups in total. The quantitative estimate of drug-likeness (QED) is 0.729. The fourth-order valence-electron chi connectivity index (χ4n) is 3.25. The largest absolute Gasteiger partial charge is 0.309 e. The van der Waals surface area contributed by atoms with Gasteiger partial charge in [0.15, 0.2) is 0 Å². The number of aryl methyl sites for hydroxylation is 1. The Hall–Kier alpha value is -2.99. The maximum absolute atomic E-state index is 15.3. The highest BCUT2D eigenvalue weighted by Crippen LogP contribution is 2.34. The first-order chi connectivity index (χ1) is 13.0. The zero-order valence-corrected chi connectivity index (χ0v) is 14.6. The minimum absolute atomic E-state index is 0.298. The lowest BCUT2D eigenvalue weighted by Gasteiger charge is -2.15. The molecule has 3 aromatic rings. The van der Waals surface area contributed by atoms with Gasteiger partial charge in [-0.25, -0.2) is 13.2 Å². The molecule has 0 bridgehead atoms. The van der Waals surface area contributed by atoms with Gasteiger partial charge in [-0.05, 0) is 54.0 Å². The van der Waals surface area contributed by atoms with Crippen LogP contribution in [0.15, 0.2) is 48.5 Å². The van der Waals surface area contributed by atoms with Gasteiger partial charge in [0.25, 0.3) is 0 Å². The molecule has 0 unspecified atom stereocenters. The van der Waals surface area contributed by atoms with E-state index in [1.54, 1.807) is 24.3 Å². The number of hydrogen-bond acceptors (Lipinski definition) is 3. The number of nitrogens with zero attached hydrogens (tertiary/aromatic N) is 2. The van der Waals surface area contributed by atoms with E-state index in [9.17, 15) is 8.78 Å². The van der Waals surface area contributed by atoms with E-state index >= 15 is 4.39 Å². The zero-order valence-electron chi connectivity index (χ0n) is 14.6. The van der Waals surface area contributed by atoms with Gasteiger partial charge in [-0.3, -0.25) is 0 Å². The molecule has 3 nitrogen and oxygen atoms in total. The number of aromatic nitrogens is 2. The molecule has 1 aliphatic rings. The third-order valence-corrected chi connectivity index (χ3v) is 4.53. The van der Waals surface area contributed by atoms with Crippen molar-refractivity contribution in [3.05, 3.63) is 88.4 Å². The lowest BCUT2D eigenvalue weighted by molar-refractivity contribution is 0.582. The minimum Gasteiger partial charge on any atom is -0.309 e. The van der Waals surface area contributed by atoms with E-state index in [0.717, 1.165) is 11.8 Å². The van der Waals surface area contributed by atoms with E-state index in [1.807, 2.05) is 13.0 Å². The molecule has 0 spiro atoms. The third-order valence-electron chi connectivity index (χ3n) is 4.53. The van der Waals surface area contributed by atoms with Crippen LogP contribution in [0.5, 0.6) is 0 Å². The molecule has 27 heavy (non-hydrogen) atoms. The van der Waals surface area contributed by atoms with Gasteiger partial charge in [0.05, 0.1) is 11.4 Å². The molecular weight excluding hydrogens is 351 g/mol. The summed E-state index contributed by atoms with van der Waals surface area (Å²) in [5.41, 5.74) is 3.53. The first-order valence-electron chi connectivity index (χ1n) is 8.53. The molecule has 0 aliphatic carbocycles.